The first-order chi connectivity index (χ1) is 11.6. The fourth-order valence-corrected chi connectivity index (χ4v) is 2.42. The van der Waals surface area contributed by atoms with Crippen LogP contribution >= 0.6 is 0 Å². The van der Waals surface area contributed by atoms with Crippen LogP contribution in [-0.2, 0) is 4.74 Å². The van der Waals surface area contributed by atoms with Crippen molar-refractivity contribution in [3.63, 3.8) is 0 Å². The van der Waals surface area contributed by atoms with Gasteiger partial charge in [-0.2, -0.15) is 0 Å². The lowest BCUT2D eigenvalue weighted by Gasteiger charge is -2.20. The number of ether oxygens (including phenoxy) is 1. The van der Waals surface area contributed by atoms with Crippen molar-refractivity contribution in [2.24, 2.45) is 0 Å². The van der Waals surface area contributed by atoms with Crippen molar-refractivity contribution in [3.05, 3.63) is 53.7 Å². The van der Waals surface area contributed by atoms with Gasteiger partial charge in [-0.1, -0.05) is 18.2 Å². The Morgan fingerprint density at radius 3 is 2.54 bits per heavy atom. The minimum Gasteiger partial charge on any atom is -0.387 e. The predicted molar refractivity (Wildman–Crippen MR) is 93.8 cm³/mol. The number of amides is 1. The lowest BCUT2D eigenvalue weighted by Crippen LogP contribution is -2.33. The van der Waals surface area contributed by atoms with Crippen molar-refractivity contribution in [1.29, 1.82) is 0 Å². The number of carbonyl (C=O) groups excluding carboxylic acids is 1. The standard InChI is InChI=1S/C19H24N2O3/c1-4-21(12-13-24-3)19(23)16-10-8-15(9-11-16)18-7-5-6-17(20-18)14(2)22/h5-11,14,22H,4,12-13H2,1-3H3. The molecule has 1 heterocycles. The van der Waals surface area contributed by atoms with E-state index in [0.29, 0.717) is 31.0 Å². The molecule has 24 heavy (non-hydrogen) atoms. The predicted octanol–water partition coefficient (Wildman–Crippen LogP) is 2.91. The Bertz CT molecular complexity index is 669. The van der Waals surface area contributed by atoms with Gasteiger partial charge in [-0.3, -0.25) is 9.78 Å². The van der Waals surface area contributed by atoms with Gasteiger partial charge in [0, 0.05) is 31.3 Å². The maximum atomic E-state index is 12.5. The van der Waals surface area contributed by atoms with Gasteiger partial charge in [-0.15, -0.1) is 0 Å². The Morgan fingerprint density at radius 1 is 1.25 bits per heavy atom. The average molecular weight is 328 g/mol. The van der Waals surface area contributed by atoms with Crippen LogP contribution in [0.25, 0.3) is 11.3 Å². The van der Waals surface area contributed by atoms with Crippen molar-refractivity contribution in [1.82, 2.24) is 9.88 Å². The molecule has 1 atom stereocenters. The highest BCUT2D eigenvalue weighted by molar-refractivity contribution is 5.94. The van der Waals surface area contributed by atoms with E-state index < -0.39 is 6.10 Å². The Kier molecular flexibility index (Phi) is 6.46. The van der Waals surface area contributed by atoms with Crippen LogP contribution in [0.2, 0.25) is 0 Å². The second kappa shape index (κ2) is 8.57. The molecule has 0 spiro atoms. The number of likely N-dealkylation sites (N-methyl/N-ethyl adjacent to an activating group) is 1. The van der Waals surface area contributed by atoms with Crippen LogP contribution in [0.1, 0.15) is 36.0 Å². The highest BCUT2D eigenvalue weighted by Crippen LogP contribution is 2.20. The van der Waals surface area contributed by atoms with E-state index in [1.54, 1.807) is 25.0 Å². The third-order valence-electron chi connectivity index (χ3n) is 3.86. The fraction of sp³-hybridized carbons (Fsp3) is 0.368. The molecule has 0 aliphatic rings. The van der Waals surface area contributed by atoms with Gasteiger partial charge in [0.05, 0.1) is 24.1 Å². The topological polar surface area (TPSA) is 62.7 Å². The minimum atomic E-state index is -0.607. The number of hydrogen-bond donors (Lipinski definition) is 1. The van der Waals surface area contributed by atoms with E-state index in [1.807, 2.05) is 43.3 Å². The summed E-state index contributed by atoms with van der Waals surface area (Å²) >= 11 is 0. The maximum Gasteiger partial charge on any atom is 0.253 e. The van der Waals surface area contributed by atoms with E-state index in [9.17, 15) is 9.90 Å². The summed E-state index contributed by atoms with van der Waals surface area (Å²) in [5.41, 5.74) is 2.96. The molecule has 0 bridgehead atoms. The third kappa shape index (κ3) is 4.40. The van der Waals surface area contributed by atoms with Crippen LogP contribution in [-0.4, -0.2) is 47.7 Å². The van der Waals surface area contributed by atoms with Gasteiger partial charge in [0.15, 0.2) is 0 Å². The van der Waals surface area contributed by atoms with E-state index in [0.717, 1.165) is 11.3 Å². The van der Waals surface area contributed by atoms with Gasteiger partial charge in [0.25, 0.3) is 5.91 Å². The molecule has 1 N–H and O–H groups in total. The quantitative estimate of drug-likeness (QED) is 0.849. The number of benzene rings is 1. The summed E-state index contributed by atoms with van der Waals surface area (Å²) in [5, 5.41) is 9.65. The number of rotatable bonds is 7. The van der Waals surface area contributed by atoms with Crippen molar-refractivity contribution in [3.8, 4) is 11.3 Å². The van der Waals surface area contributed by atoms with E-state index in [1.165, 1.54) is 0 Å². The van der Waals surface area contributed by atoms with Crippen LogP contribution in [0.15, 0.2) is 42.5 Å². The summed E-state index contributed by atoms with van der Waals surface area (Å²) in [6, 6.07) is 12.9. The zero-order chi connectivity index (χ0) is 17.5. The third-order valence-corrected chi connectivity index (χ3v) is 3.86. The lowest BCUT2D eigenvalue weighted by atomic mass is 10.1. The van der Waals surface area contributed by atoms with E-state index in [2.05, 4.69) is 4.98 Å². The molecule has 2 aromatic rings. The Hall–Kier alpha value is -2.24. The first kappa shape index (κ1) is 18.1. The number of methoxy groups -OCH3 is 1. The van der Waals surface area contributed by atoms with Gasteiger partial charge >= 0.3 is 0 Å². The second-order valence-electron chi connectivity index (χ2n) is 5.58. The summed E-state index contributed by atoms with van der Waals surface area (Å²) in [5.74, 6) is -0.00760. The summed E-state index contributed by atoms with van der Waals surface area (Å²) < 4.78 is 5.05. The number of aromatic nitrogens is 1. The van der Waals surface area contributed by atoms with E-state index in [-0.39, 0.29) is 5.91 Å². The van der Waals surface area contributed by atoms with Gasteiger partial charge in [0.1, 0.15) is 0 Å². The van der Waals surface area contributed by atoms with Crippen LogP contribution in [0, 0.1) is 0 Å². The van der Waals surface area contributed by atoms with Gasteiger partial charge < -0.3 is 14.7 Å². The molecule has 1 aromatic carbocycles. The molecule has 1 aromatic heterocycles. The first-order valence-electron chi connectivity index (χ1n) is 8.10. The lowest BCUT2D eigenvalue weighted by molar-refractivity contribution is 0.0706. The molecule has 0 saturated carbocycles. The maximum absolute atomic E-state index is 12.5. The number of nitrogens with zero attached hydrogens (tertiary/aromatic N) is 2. The Balaban J connectivity index is 2.18. The molecular formula is C19H24N2O3. The normalized spacial score (nSPS) is 12.0. The smallest absolute Gasteiger partial charge is 0.253 e. The van der Waals surface area contributed by atoms with Crippen molar-refractivity contribution in [2.45, 2.75) is 20.0 Å². The molecular weight excluding hydrogens is 304 g/mol. The first-order valence-corrected chi connectivity index (χ1v) is 8.10. The fourth-order valence-electron chi connectivity index (χ4n) is 2.42. The Labute approximate surface area is 142 Å². The molecule has 5 nitrogen and oxygen atoms in total. The molecule has 0 saturated heterocycles. The Morgan fingerprint density at radius 2 is 1.96 bits per heavy atom. The monoisotopic (exact) mass is 328 g/mol. The highest BCUT2D eigenvalue weighted by atomic mass is 16.5. The average Bonchev–Trinajstić information content (AvgIpc) is 2.62. The van der Waals surface area contributed by atoms with E-state index in [4.69, 9.17) is 4.74 Å². The van der Waals surface area contributed by atoms with Crippen LogP contribution in [0.5, 0.6) is 0 Å². The van der Waals surface area contributed by atoms with Gasteiger partial charge in [0.2, 0.25) is 0 Å². The number of pyridine rings is 1. The highest BCUT2D eigenvalue weighted by Gasteiger charge is 2.14. The molecule has 1 unspecified atom stereocenters. The molecule has 0 radical (unpaired) electrons. The molecule has 0 fully saturated rings. The van der Waals surface area contributed by atoms with Crippen molar-refractivity contribution < 1.29 is 14.6 Å². The summed E-state index contributed by atoms with van der Waals surface area (Å²) in [6.07, 6.45) is -0.607. The summed E-state index contributed by atoms with van der Waals surface area (Å²) in [7, 11) is 1.63. The SMILES string of the molecule is CCN(CCOC)C(=O)c1ccc(-c2cccc(C(C)O)n2)cc1. The molecule has 5 heteroatoms. The molecule has 128 valence electrons. The van der Waals surface area contributed by atoms with E-state index >= 15 is 0 Å². The number of aliphatic hydroxyl groups is 1. The largest absolute Gasteiger partial charge is 0.387 e. The number of hydrogen-bond acceptors (Lipinski definition) is 4. The number of carbonyl (C=O) groups is 1. The zero-order valence-electron chi connectivity index (χ0n) is 14.4. The van der Waals surface area contributed by atoms with Crippen LogP contribution in [0.4, 0.5) is 0 Å². The zero-order valence-corrected chi connectivity index (χ0v) is 14.4. The van der Waals surface area contributed by atoms with Crippen molar-refractivity contribution in [2.75, 3.05) is 26.8 Å². The van der Waals surface area contributed by atoms with Crippen LogP contribution < -0.4 is 0 Å². The van der Waals surface area contributed by atoms with Crippen LogP contribution in [0.3, 0.4) is 0 Å². The summed E-state index contributed by atoms with van der Waals surface area (Å²) in [4.78, 5) is 18.7. The molecule has 0 aliphatic carbocycles. The molecule has 0 aliphatic heterocycles. The van der Waals surface area contributed by atoms with Gasteiger partial charge in [-0.05, 0) is 38.1 Å². The minimum absolute atomic E-state index is 0.00760. The van der Waals surface area contributed by atoms with Crippen molar-refractivity contribution >= 4 is 5.91 Å². The van der Waals surface area contributed by atoms with Gasteiger partial charge in [-0.25, -0.2) is 0 Å². The summed E-state index contributed by atoms with van der Waals surface area (Å²) in [6.45, 7) is 5.38. The number of aliphatic hydroxyl groups excluding tert-OH is 1. The molecule has 1 amide bonds. The molecule has 2 rings (SSSR count). The second-order valence-corrected chi connectivity index (χ2v) is 5.58.